The Morgan fingerprint density at radius 2 is 2.22 bits per heavy atom. The first kappa shape index (κ1) is 12.3. The van der Waals surface area contributed by atoms with E-state index in [1.807, 2.05) is 6.20 Å². The highest BCUT2D eigenvalue weighted by Gasteiger charge is 2.10. The number of aromatic nitrogens is 4. The molecule has 0 aliphatic rings. The molecule has 0 bridgehead atoms. The van der Waals surface area contributed by atoms with Crippen LogP contribution in [0.2, 0.25) is 0 Å². The van der Waals surface area contributed by atoms with Crippen LogP contribution < -0.4 is 0 Å². The largest absolute Gasteiger partial charge is 0.389 e. The van der Waals surface area contributed by atoms with Crippen LogP contribution in [0.3, 0.4) is 0 Å². The zero-order valence-electron chi connectivity index (χ0n) is 10.2. The summed E-state index contributed by atoms with van der Waals surface area (Å²) in [4.78, 5) is 14.3. The first-order valence-corrected chi connectivity index (χ1v) is 5.88. The van der Waals surface area contributed by atoms with Gasteiger partial charge in [-0.2, -0.15) is 4.68 Å². The van der Waals surface area contributed by atoms with E-state index in [2.05, 4.69) is 21.6 Å². The molecule has 18 heavy (non-hydrogen) atoms. The minimum absolute atomic E-state index is 0.116. The summed E-state index contributed by atoms with van der Waals surface area (Å²) in [5.74, 6) is 0.925. The Kier molecular flexibility index (Phi) is 3.71. The van der Waals surface area contributed by atoms with Gasteiger partial charge in [0.15, 0.2) is 0 Å². The van der Waals surface area contributed by atoms with E-state index in [1.165, 1.54) is 6.07 Å². The van der Waals surface area contributed by atoms with Crippen LogP contribution in [0.5, 0.6) is 0 Å². The summed E-state index contributed by atoms with van der Waals surface area (Å²) in [7, 11) is 0. The fraction of sp³-hybridized carbons (Fsp3) is 0.455. The molecule has 96 valence electrons. The maximum atomic E-state index is 10.5. The molecule has 2 aromatic rings. The van der Waals surface area contributed by atoms with E-state index in [0.29, 0.717) is 13.1 Å². The van der Waals surface area contributed by atoms with Gasteiger partial charge in [0.2, 0.25) is 0 Å². The van der Waals surface area contributed by atoms with Gasteiger partial charge in [0.1, 0.15) is 5.82 Å². The Bertz CT molecular complexity index is 531. The van der Waals surface area contributed by atoms with Gasteiger partial charge in [0.25, 0.3) is 0 Å². The molecule has 0 aliphatic heterocycles. The fourth-order valence-corrected chi connectivity index (χ4v) is 1.78. The summed E-state index contributed by atoms with van der Waals surface area (Å²) in [6, 6.07) is 1.40. The molecule has 0 radical (unpaired) electrons. The van der Waals surface area contributed by atoms with Gasteiger partial charge in [-0.15, -0.1) is 0 Å². The van der Waals surface area contributed by atoms with E-state index < -0.39 is 4.92 Å². The lowest BCUT2D eigenvalue weighted by molar-refractivity contribution is -0.389. The molecule has 0 saturated carbocycles. The maximum absolute atomic E-state index is 10.5. The van der Waals surface area contributed by atoms with Gasteiger partial charge < -0.3 is 14.7 Å². The summed E-state index contributed by atoms with van der Waals surface area (Å²) in [6.07, 6.45) is 7.30. The highest BCUT2D eigenvalue weighted by molar-refractivity contribution is 5.13. The van der Waals surface area contributed by atoms with Crippen LogP contribution in [-0.4, -0.2) is 24.3 Å². The Morgan fingerprint density at radius 3 is 2.89 bits per heavy atom. The van der Waals surface area contributed by atoms with Crippen LogP contribution >= 0.6 is 0 Å². The quantitative estimate of drug-likeness (QED) is 0.576. The standard InChI is InChI=1S/C11H15N5O2/c1-2-3-10-12-5-7-14(10)8-9-15-6-4-11(13-15)16(17)18/h4-7H,2-3,8-9H2,1H3. The third-order valence-corrected chi connectivity index (χ3v) is 2.66. The van der Waals surface area contributed by atoms with Gasteiger partial charge >= 0.3 is 5.82 Å². The van der Waals surface area contributed by atoms with Gasteiger partial charge in [-0.3, -0.25) is 0 Å². The summed E-state index contributed by atoms with van der Waals surface area (Å²) in [6.45, 7) is 3.42. The van der Waals surface area contributed by atoms with E-state index in [9.17, 15) is 10.1 Å². The molecule has 0 amide bonds. The highest BCUT2D eigenvalue weighted by Crippen LogP contribution is 2.06. The molecule has 0 aromatic carbocycles. The van der Waals surface area contributed by atoms with Gasteiger partial charge in [-0.25, -0.2) is 4.98 Å². The molecule has 0 fully saturated rings. The number of nitrogens with zero attached hydrogens (tertiary/aromatic N) is 5. The minimum Gasteiger partial charge on any atom is -0.358 e. The average Bonchev–Trinajstić information content (AvgIpc) is 2.95. The predicted molar refractivity (Wildman–Crippen MR) is 65.1 cm³/mol. The Hall–Kier alpha value is -2.18. The van der Waals surface area contributed by atoms with Crippen LogP contribution in [-0.2, 0) is 19.5 Å². The van der Waals surface area contributed by atoms with Gasteiger partial charge in [-0.1, -0.05) is 6.92 Å². The normalized spacial score (nSPS) is 10.7. The molecule has 0 aliphatic carbocycles. The van der Waals surface area contributed by atoms with E-state index in [0.717, 1.165) is 18.7 Å². The molecule has 0 unspecified atom stereocenters. The number of hydrogen-bond acceptors (Lipinski definition) is 4. The van der Waals surface area contributed by atoms with Crippen molar-refractivity contribution in [3.05, 3.63) is 40.6 Å². The SMILES string of the molecule is CCCc1nccn1CCn1ccc([N+](=O)[O-])n1. The average molecular weight is 249 g/mol. The lowest BCUT2D eigenvalue weighted by Gasteiger charge is -2.05. The minimum atomic E-state index is -0.490. The van der Waals surface area contributed by atoms with Crippen molar-refractivity contribution in [3.63, 3.8) is 0 Å². The smallest absolute Gasteiger partial charge is 0.358 e. The highest BCUT2D eigenvalue weighted by atomic mass is 16.6. The second kappa shape index (κ2) is 5.44. The van der Waals surface area contributed by atoms with Crippen molar-refractivity contribution in [2.75, 3.05) is 0 Å². The molecule has 2 rings (SSSR count). The molecular formula is C11H15N5O2. The van der Waals surface area contributed by atoms with Crippen molar-refractivity contribution in [2.24, 2.45) is 0 Å². The number of rotatable bonds is 6. The van der Waals surface area contributed by atoms with Crippen LogP contribution in [0.25, 0.3) is 0 Å². The van der Waals surface area contributed by atoms with Crippen molar-refractivity contribution >= 4 is 5.82 Å². The first-order valence-electron chi connectivity index (χ1n) is 5.88. The molecule has 0 saturated heterocycles. The topological polar surface area (TPSA) is 78.8 Å². The summed E-state index contributed by atoms with van der Waals surface area (Å²) >= 11 is 0. The Morgan fingerprint density at radius 1 is 1.39 bits per heavy atom. The fourth-order valence-electron chi connectivity index (χ4n) is 1.78. The zero-order chi connectivity index (χ0) is 13.0. The molecule has 2 aromatic heterocycles. The van der Waals surface area contributed by atoms with Crippen LogP contribution in [0, 0.1) is 10.1 Å². The van der Waals surface area contributed by atoms with E-state index in [-0.39, 0.29) is 5.82 Å². The molecule has 0 atom stereocenters. The predicted octanol–water partition coefficient (Wildman–Crippen LogP) is 1.64. The number of hydrogen-bond donors (Lipinski definition) is 0. The number of nitro groups is 1. The second-order valence-corrected chi connectivity index (χ2v) is 3.98. The number of aryl methyl sites for hydroxylation is 3. The van der Waals surface area contributed by atoms with E-state index in [4.69, 9.17) is 0 Å². The first-order chi connectivity index (χ1) is 8.70. The monoisotopic (exact) mass is 249 g/mol. The van der Waals surface area contributed by atoms with Crippen molar-refractivity contribution < 1.29 is 4.92 Å². The third kappa shape index (κ3) is 2.73. The third-order valence-electron chi connectivity index (χ3n) is 2.66. The van der Waals surface area contributed by atoms with Gasteiger partial charge in [0.05, 0.1) is 23.9 Å². The lowest BCUT2D eigenvalue weighted by Crippen LogP contribution is -2.10. The van der Waals surface area contributed by atoms with Crippen molar-refractivity contribution in [1.82, 2.24) is 19.3 Å². The molecule has 7 heteroatoms. The van der Waals surface area contributed by atoms with Gasteiger partial charge in [-0.05, 0) is 11.3 Å². The van der Waals surface area contributed by atoms with Crippen LogP contribution in [0.15, 0.2) is 24.7 Å². The van der Waals surface area contributed by atoms with E-state index >= 15 is 0 Å². The van der Waals surface area contributed by atoms with Gasteiger partial charge in [0, 0.05) is 25.4 Å². The molecular weight excluding hydrogens is 234 g/mol. The Labute approximate surface area is 104 Å². The Balaban J connectivity index is 1.97. The second-order valence-electron chi connectivity index (χ2n) is 3.98. The molecule has 7 nitrogen and oxygen atoms in total. The van der Waals surface area contributed by atoms with Crippen molar-refractivity contribution in [1.29, 1.82) is 0 Å². The van der Waals surface area contributed by atoms with Crippen LogP contribution in [0.4, 0.5) is 5.82 Å². The maximum Gasteiger partial charge on any atom is 0.389 e. The summed E-state index contributed by atoms with van der Waals surface area (Å²) in [5, 5.41) is 14.4. The number of imidazole rings is 1. The molecule has 2 heterocycles. The van der Waals surface area contributed by atoms with Crippen molar-refractivity contribution in [2.45, 2.75) is 32.9 Å². The van der Waals surface area contributed by atoms with Crippen LogP contribution in [0.1, 0.15) is 19.2 Å². The van der Waals surface area contributed by atoms with Crippen molar-refractivity contribution in [3.8, 4) is 0 Å². The summed E-state index contributed by atoms with van der Waals surface area (Å²) < 4.78 is 3.63. The lowest BCUT2D eigenvalue weighted by atomic mass is 10.3. The molecule has 0 N–H and O–H groups in total. The molecule has 0 spiro atoms. The summed E-state index contributed by atoms with van der Waals surface area (Å²) in [5.41, 5.74) is 0. The zero-order valence-corrected chi connectivity index (χ0v) is 10.2. The van der Waals surface area contributed by atoms with E-state index in [1.54, 1.807) is 17.1 Å².